The molecule has 8 heteroatoms. The van der Waals surface area contributed by atoms with Gasteiger partial charge in [0, 0.05) is 51.4 Å². The Bertz CT molecular complexity index is 426. The number of rotatable bonds is 4. The number of carbonyl (C=O) groups is 1. The van der Waals surface area contributed by atoms with Gasteiger partial charge in [0.25, 0.3) is 0 Å². The minimum absolute atomic E-state index is 0. The van der Waals surface area contributed by atoms with Gasteiger partial charge in [-0.2, -0.15) is 0 Å². The second kappa shape index (κ2) is 7.72. The van der Waals surface area contributed by atoms with E-state index in [2.05, 4.69) is 20.5 Å². The molecule has 1 aromatic heterocycles. The van der Waals surface area contributed by atoms with E-state index < -0.39 is 0 Å². The second-order valence-electron chi connectivity index (χ2n) is 5.48. The largest absolute Gasteiger partial charge is 0.340 e. The van der Waals surface area contributed by atoms with Gasteiger partial charge in [-0.05, 0) is 13.0 Å². The van der Waals surface area contributed by atoms with Crippen LogP contribution in [0.5, 0.6) is 0 Å². The summed E-state index contributed by atoms with van der Waals surface area (Å²) < 4.78 is 1.71. The monoisotopic (exact) mass is 314 g/mol. The van der Waals surface area contributed by atoms with Crippen molar-refractivity contribution in [2.24, 2.45) is 0 Å². The lowest BCUT2D eigenvalue weighted by atomic mass is 10.2. The number of hydrogen-bond donors (Lipinski definition) is 1. The summed E-state index contributed by atoms with van der Waals surface area (Å²) in [7, 11) is 0. The van der Waals surface area contributed by atoms with E-state index in [1.54, 1.807) is 17.1 Å². The van der Waals surface area contributed by atoms with Crippen molar-refractivity contribution in [2.75, 3.05) is 39.3 Å². The molecule has 1 amide bonds. The number of nitrogens with zero attached hydrogens (tertiary/aromatic N) is 5. The molecule has 118 valence electrons. The van der Waals surface area contributed by atoms with E-state index >= 15 is 0 Å². The van der Waals surface area contributed by atoms with Gasteiger partial charge in [-0.25, -0.2) is 0 Å². The number of nitrogens with one attached hydrogen (secondary N) is 1. The van der Waals surface area contributed by atoms with Gasteiger partial charge >= 0.3 is 0 Å². The minimum Gasteiger partial charge on any atom is -0.340 e. The summed E-state index contributed by atoms with van der Waals surface area (Å²) >= 11 is 0. The van der Waals surface area contributed by atoms with Gasteiger partial charge in [0.2, 0.25) is 5.91 Å². The van der Waals surface area contributed by atoms with Crippen LogP contribution < -0.4 is 5.32 Å². The predicted octanol–water partition coefficient (Wildman–Crippen LogP) is -0.404. The van der Waals surface area contributed by atoms with Crippen LogP contribution in [0.25, 0.3) is 0 Å². The number of amides is 1. The normalized spacial score (nSPS) is 23.0. The Hall–Kier alpha value is -1.18. The van der Waals surface area contributed by atoms with Crippen LogP contribution in [-0.2, 0) is 11.3 Å². The molecule has 2 aliphatic heterocycles. The molecular formula is C13H23ClN6O. The van der Waals surface area contributed by atoms with E-state index in [-0.39, 0.29) is 18.3 Å². The molecule has 3 heterocycles. The molecule has 0 aromatic carbocycles. The quantitative estimate of drug-likeness (QED) is 0.819. The van der Waals surface area contributed by atoms with E-state index in [1.165, 1.54) is 6.42 Å². The van der Waals surface area contributed by atoms with Crippen molar-refractivity contribution in [1.82, 2.24) is 30.1 Å². The first kappa shape index (κ1) is 16.2. The van der Waals surface area contributed by atoms with Gasteiger partial charge < -0.3 is 10.2 Å². The zero-order valence-electron chi connectivity index (χ0n) is 12.1. The Balaban J connectivity index is 0.00000161. The molecule has 1 atom stereocenters. The topological polar surface area (TPSA) is 66.3 Å². The Morgan fingerprint density at radius 1 is 1.29 bits per heavy atom. The molecule has 3 rings (SSSR count). The molecule has 0 radical (unpaired) electrons. The molecule has 2 aliphatic rings. The Labute approximate surface area is 131 Å². The van der Waals surface area contributed by atoms with Gasteiger partial charge in [0.05, 0.1) is 12.7 Å². The standard InChI is InChI=1S/C13H22N6O.ClH/c20-13(2-5-19-6-4-15-16-19)18-9-7-17(8-10-18)12-1-3-14-11-12;/h4,6,12,14H,1-3,5,7-11H2;1H. The highest BCUT2D eigenvalue weighted by atomic mass is 35.5. The maximum absolute atomic E-state index is 12.2. The third-order valence-electron chi connectivity index (χ3n) is 4.24. The number of aromatic nitrogens is 3. The highest BCUT2D eigenvalue weighted by molar-refractivity contribution is 5.85. The molecule has 1 unspecified atom stereocenters. The van der Waals surface area contributed by atoms with Gasteiger partial charge in [0.15, 0.2) is 0 Å². The van der Waals surface area contributed by atoms with E-state index in [1.807, 2.05) is 4.90 Å². The fourth-order valence-electron chi connectivity index (χ4n) is 3.01. The third kappa shape index (κ3) is 4.15. The first-order chi connectivity index (χ1) is 9.83. The number of piperazine rings is 1. The number of carbonyl (C=O) groups excluding carboxylic acids is 1. The molecular weight excluding hydrogens is 292 g/mol. The van der Waals surface area contributed by atoms with E-state index in [9.17, 15) is 4.79 Å². The Kier molecular flexibility index (Phi) is 5.96. The van der Waals surface area contributed by atoms with Crippen molar-refractivity contribution in [3.8, 4) is 0 Å². The summed E-state index contributed by atoms with van der Waals surface area (Å²) in [6.07, 6.45) is 5.17. The summed E-state index contributed by atoms with van der Waals surface area (Å²) in [5.41, 5.74) is 0. The molecule has 1 N–H and O–H groups in total. The lowest BCUT2D eigenvalue weighted by Crippen LogP contribution is -2.52. The zero-order chi connectivity index (χ0) is 13.8. The summed E-state index contributed by atoms with van der Waals surface area (Å²) in [6, 6.07) is 0.669. The Morgan fingerprint density at radius 3 is 2.71 bits per heavy atom. The van der Waals surface area contributed by atoms with Crippen LogP contribution in [0.2, 0.25) is 0 Å². The van der Waals surface area contributed by atoms with Crippen LogP contribution in [-0.4, -0.2) is 76.0 Å². The maximum atomic E-state index is 12.2. The summed E-state index contributed by atoms with van der Waals surface area (Å²) in [6.45, 7) is 6.55. The van der Waals surface area contributed by atoms with Crippen LogP contribution in [0.4, 0.5) is 0 Å². The Morgan fingerprint density at radius 2 is 2.10 bits per heavy atom. The average molecular weight is 315 g/mol. The minimum atomic E-state index is 0. The van der Waals surface area contributed by atoms with Gasteiger partial charge in [-0.1, -0.05) is 5.21 Å². The van der Waals surface area contributed by atoms with Crippen LogP contribution in [0.3, 0.4) is 0 Å². The van der Waals surface area contributed by atoms with E-state index in [0.717, 1.165) is 39.3 Å². The number of hydrogen-bond acceptors (Lipinski definition) is 5. The first-order valence-electron chi connectivity index (χ1n) is 7.39. The SMILES string of the molecule is Cl.O=C(CCn1ccnn1)N1CCN(C2CCNC2)CC1. The van der Waals surface area contributed by atoms with Crippen LogP contribution in [0.1, 0.15) is 12.8 Å². The van der Waals surface area contributed by atoms with Gasteiger partial charge in [-0.3, -0.25) is 14.4 Å². The number of aryl methyl sites for hydroxylation is 1. The van der Waals surface area contributed by atoms with Gasteiger partial charge in [-0.15, -0.1) is 17.5 Å². The highest BCUT2D eigenvalue weighted by Gasteiger charge is 2.27. The molecule has 0 spiro atoms. The van der Waals surface area contributed by atoms with Gasteiger partial charge in [0.1, 0.15) is 0 Å². The maximum Gasteiger partial charge on any atom is 0.224 e. The third-order valence-corrected chi connectivity index (χ3v) is 4.24. The van der Waals surface area contributed by atoms with Crippen LogP contribution in [0.15, 0.2) is 12.4 Å². The van der Waals surface area contributed by atoms with Crippen LogP contribution >= 0.6 is 12.4 Å². The lowest BCUT2D eigenvalue weighted by Gasteiger charge is -2.37. The summed E-state index contributed by atoms with van der Waals surface area (Å²) in [5, 5.41) is 11.0. The van der Waals surface area contributed by atoms with Crippen molar-refractivity contribution < 1.29 is 4.79 Å². The summed E-state index contributed by atoms with van der Waals surface area (Å²) in [4.78, 5) is 16.7. The van der Waals surface area contributed by atoms with Crippen molar-refractivity contribution in [2.45, 2.75) is 25.4 Å². The highest BCUT2D eigenvalue weighted by Crippen LogP contribution is 2.12. The fraction of sp³-hybridized carbons (Fsp3) is 0.769. The summed E-state index contributed by atoms with van der Waals surface area (Å²) in [5.74, 6) is 0.227. The van der Waals surface area contributed by atoms with Crippen molar-refractivity contribution in [3.63, 3.8) is 0 Å². The molecule has 7 nitrogen and oxygen atoms in total. The molecule has 0 bridgehead atoms. The van der Waals surface area contributed by atoms with Crippen LogP contribution in [0, 0.1) is 0 Å². The molecule has 0 aliphatic carbocycles. The zero-order valence-corrected chi connectivity index (χ0v) is 13.0. The molecule has 2 saturated heterocycles. The molecule has 0 saturated carbocycles. The predicted molar refractivity (Wildman–Crippen MR) is 81.3 cm³/mol. The number of halogens is 1. The van der Waals surface area contributed by atoms with Crippen molar-refractivity contribution in [3.05, 3.63) is 12.4 Å². The van der Waals surface area contributed by atoms with E-state index in [4.69, 9.17) is 0 Å². The smallest absolute Gasteiger partial charge is 0.224 e. The molecule has 2 fully saturated rings. The fourth-order valence-corrected chi connectivity index (χ4v) is 3.01. The van der Waals surface area contributed by atoms with Crippen molar-refractivity contribution >= 4 is 18.3 Å². The first-order valence-corrected chi connectivity index (χ1v) is 7.39. The second-order valence-corrected chi connectivity index (χ2v) is 5.48. The molecule has 1 aromatic rings. The lowest BCUT2D eigenvalue weighted by molar-refractivity contribution is -0.133. The van der Waals surface area contributed by atoms with E-state index in [0.29, 0.717) is 19.0 Å². The average Bonchev–Trinajstić information content (AvgIpc) is 3.18. The molecule has 21 heavy (non-hydrogen) atoms. The van der Waals surface area contributed by atoms with Crippen molar-refractivity contribution in [1.29, 1.82) is 0 Å².